The van der Waals surface area contributed by atoms with Gasteiger partial charge in [-0.15, -0.1) is 0 Å². The molecule has 3 N–H and O–H groups in total. The lowest BCUT2D eigenvalue weighted by atomic mass is 10.0. The summed E-state index contributed by atoms with van der Waals surface area (Å²) < 4.78 is 21.4. The van der Waals surface area contributed by atoms with Crippen LogP contribution in [0.25, 0.3) is 0 Å². The lowest BCUT2D eigenvalue weighted by Crippen LogP contribution is -2.32. The van der Waals surface area contributed by atoms with Gasteiger partial charge in [-0.1, -0.05) is 18.2 Å². The van der Waals surface area contributed by atoms with Gasteiger partial charge in [0.1, 0.15) is 0 Å². The van der Waals surface area contributed by atoms with Crippen LogP contribution in [0.2, 0.25) is 0 Å². The molecule has 0 aromatic heterocycles. The molecule has 0 aliphatic rings. The molecule has 0 saturated heterocycles. The van der Waals surface area contributed by atoms with Crippen LogP contribution in [0.15, 0.2) is 18.2 Å². The third-order valence-electron chi connectivity index (χ3n) is 2.64. The predicted molar refractivity (Wildman–Crippen MR) is 70.6 cm³/mol. The van der Waals surface area contributed by atoms with Crippen LogP contribution < -0.4 is 10.5 Å². The number of hydrogen-bond donors (Lipinski definition) is 2. The zero-order valence-corrected chi connectivity index (χ0v) is 11.4. The van der Waals surface area contributed by atoms with E-state index in [0.717, 1.165) is 11.1 Å². The Bertz CT molecular complexity index is 538. The summed E-state index contributed by atoms with van der Waals surface area (Å²) in [5, 5.41) is 7.36. The molecule has 100 valence electrons. The number of aryl methyl sites for hydroxylation is 2. The molecule has 1 aromatic rings. The van der Waals surface area contributed by atoms with Crippen LogP contribution in [0.5, 0.6) is 0 Å². The Balaban J connectivity index is 2.47. The first-order chi connectivity index (χ1) is 8.28. The van der Waals surface area contributed by atoms with Gasteiger partial charge in [0.05, 0.1) is 12.2 Å². The van der Waals surface area contributed by atoms with E-state index in [-0.39, 0.29) is 24.6 Å². The van der Waals surface area contributed by atoms with Crippen molar-refractivity contribution in [1.29, 1.82) is 0 Å². The molecule has 0 fully saturated rings. The first-order valence-corrected chi connectivity index (χ1v) is 7.33. The summed E-state index contributed by atoms with van der Waals surface area (Å²) in [5.41, 5.74) is 3.21. The highest BCUT2D eigenvalue weighted by atomic mass is 32.2. The van der Waals surface area contributed by atoms with Crippen molar-refractivity contribution in [3.63, 3.8) is 0 Å². The summed E-state index contributed by atoms with van der Waals surface area (Å²) in [6.07, 6.45) is 0.242. The average Bonchev–Trinajstić information content (AvgIpc) is 2.21. The highest BCUT2D eigenvalue weighted by Crippen LogP contribution is 2.10. The van der Waals surface area contributed by atoms with E-state index in [1.54, 1.807) is 0 Å². The maximum absolute atomic E-state index is 11.5. The molecule has 0 aliphatic carbocycles. The summed E-state index contributed by atoms with van der Waals surface area (Å²) in [6.45, 7) is 4.03. The van der Waals surface area contributed by atoms with Gasteiger partial charge in [0.25, 0.3) is 0 Å². The standard InChI is InChI=1S/C12H18N2O3S/c1-9-3-4-11(7-10(9)2)8-12(15)14-5-6-18(13,16)17/h3-4,7H,5-6,8H2,1-2H3,(H,14,15)(H2,13,16,17). The van der Waals surface area contributed by atoms with Gasteiger partial charge in [0.2, 0.25) is 15.9 Å². The molecule has 1 rings (SSSR count). The second kappa shape index (κ2) is 5.97. The second-order valence-electron chi connectivity index (χ2n) is 4.31. The summed E-state index contributed by atoms with van der Waals surface area (Å²) in [4.78, 5) is 11.5. The van der Waals surface area contributed by atoms with Gasteiger partial charge < -0.3 is 5.32 Å². The topological polar surface area (TPSA) is 89.3 Å². The number of nitrogens with two attached hydrogens (primary N) is 1. The van der Waals surface area contributed by atoms with Crippen molar-refractivity contribution in [2.75, 3.05) is 12.3 Å². The highest BCUT2D eigenvalue weighted by molar-refractivity contribution is 7.89. The van der Waals surface area contributed by atoms with E-state index >= 15 is 0 Å². The monoisotopic (exact) mass is 270 g/mol. The number of carbonyl (C=O) groups is 1. The van der Waals surface area contributed by atoms with E-state index in [1.165, 1.54) is 5.56 Å². The Hall–Kier alpha value is -1.40. The summed E-state index contributed by atoms with van der Waals surface area (Å²) >= 11 is 0. The second-order valence-corrected chi connectivity index (χ2v) is 6.05. The van der Waals surface area contributed by atoms with Crippen LogP contribution in [-0.4, -0.2) is 26.6 Å². The van der Waals surface area contributed by atoms with Gasteiger partial charge in [-0.3, -0.25) is 4.79 Å². The number of hydrogen-bond acceptors (Lipinski definition) is 3. The summed E-state index contributed by atoms with van der Waals surface area (Å²) in [6, 6.07) is 5.80. The van der Waals surface area contributed by atoms with Gasteiger partial charge in [-0.25, -0.2) is 13.6 Å². The molecule has 0 unspecified atom stereocenters. The molecule has 1 aromatic carbocycles. The largest absolute Gasteiger partial charge is 0.355 e. The molecule has 0 saturated carbocycles. The summed E-state index contributed by atoms with van der Waals surface area (Å²) in [5.74, 6) is -0.451. The zero-order chi connectivity index (χ0) is 13.8. The quantitative estimate of drug-likeness (QED) is 0.803. The third kappa shape index (κ3) is 5.29. The number of amides is 1. The molecule has 0 atom stereocenters. The Labute approximate surface area is 107 Å². The Morgan fingerprint density at radius 2 is 1.94 bits per heavy atom. The maximum Gasteiger partial charge on any atom is 0.224 e. The van der Waals surface area contributed by atoms with Crippen molar-refractivity contribution in [3.8, 4) is 0 Å². The van der Waals surface area contributed by atoms with E-state index < -0.39 is 10.0 Å². The van der Waals surface area contributed by atoms with E-state index in [4.69, 9.17) is 5.14 Å². The molecule has 0 bridgehead atoms. The molecule has 0 radical (unpaired) electrons. The molecule has 6 heteroatoms. The van der Waals surface area contributed by atoms with E-state index in [2.05, 4.69) is 5.32 Å². The van der Waals surface area contributed by atoms with E-state index in [9.17, 15) is 13.2 Å². The minimum Gasteiger partial charge on any atom is -0.355 e. The number of rotatable bonds is 5. The van der Waals surface area contributed by atoms with Crippen LogP contribution in [0, 0.1) is 13.8 Å². The molecule has 0 spiro atoms. The average molecular weight is 270 g/mol. The maximum atomic E-state index is 11.5. The lowest BCUT2D eigenvalue weighted by molar-refractivity contribution is -0.120. The van der Waals surface area contributed by atoms with Crippen molar-refractivity contribution in [3.05, 3.63) is 34.9 Å². The fraction of sp³-hybridized carbons (Fsp3) is 0.417. The predicted octanol–water partition coefficient (Wildman–Crippen LogP) is 0.251. The van der Waals surface area contributed by atoms with Crippen LogP contribution in [0.1, 0.15) is 16.7 Å². The molecule has 5 nitrogen and oxygen atoms in total. The SMILES string of the molecule is Cc1ccc(CC(=O)NCCS(N)(=O)=O)cc1C. The molecule has 18 heavy (non-hydrogen) atoms. The van der Waals surface area contributed by atoms with Crippen molar-refractivity contribution in [2.24, 2.45) is 5.14 Å². The molecule has 1 amide bonds. The number of nitrogens with one attached hydrogen (secondary N) is 1. The number of primary sulfonamides is 1. The molecule has 0 aliphatic heterocycles. The molecule has 0 heterocycles. The Morgan fingerprint density at radius 1 is 1.28 bits per heavy atom. The molecular weight excluding hydrogens is 252 g/mol. The van der Waals surface area contributed by atoms with E-state index in [0.29, 0.717) is 0 Å². The highest BCUT2D eigenvalue weighted by Gasteiger charge is 2.06. The van der Waals surface area contributed by atoms with Gasteiger partial charge in [0.15, 0.2) is 0 Å². The van der Waals surface area contributed by atoms with Gasteiger partial charge in [-0.2, -0.15) is 0 Å². The van der Waals surface area contributed by atoms with Crippen molar-refractivity contribution in [1.82, 2.24) is 5.32 Å². The van der Waals surface area contributed by atoms with Gasteiger partial charge in [-0.05, 0) is 30.5 Å². The number of benzene rings is 1. The zero-order valence-electron chi connectivity index (χ0n) is 10.6. The third-order valence-corrected chi connectivity index (χ3v) is 3.42. The van der Waals surface area contributed by atoms with Crippen LogP contribution >= 0.6 is 0 Å². The summed E-state index contributed by atoms with van der Waals surface area (Å²) in [7, 11) is -3.52. The van der Waals surface area contributed by atoms with Crippen molar-refractivity contribution < 1.29 is 13.2 Å². The normalized spacial score (nSPS) is 11.3. The van der Waals surface area contributed by atoms with Crippen molar-refractivity contribution >= 4 is 15.9 Å². The van der Waals surface area contributed by atoms with Crippen LogP contribution in [0.4, 0.5) is 0 Å². The lowest BCUT2D eigenvalue weighted by Gasteiger charge is -2.06. The fourth-order valence-electron chi connectivity index (χ4n) is 1.49. The number of carbonyl (C=O) groups excluding carboxylic acids is 1. The Kier molecular flexibility index (Phi) is 4.86. The van der Waals surface area contributed by atoms with Crippen LogP contribution in [0.3, 0.4) is 0 Å². The van der Waals surface area contributed by atoms with Crippen LogP contribution in [-0.2, 0) is 21.2 Å². The number of sulfonamides is 1. The van der Waals surface area contributed by atoms with Crippen molar-refractivity contribution in [2.45, 2.75) is 20.3 Å². The fourth-order valence-corrected chi connectivity index (χ4v) is 1.88. The first-order valence-electron chi connectivity index (χ1n) is 5.61. The minimum absolute atomic E-state index is 0.0442. The minimum atomic E-state index is -3.52. The molecular formula is C12H18N2O3S. The Morgan fingerprint density at radius 3 is 2.50 bits per heavy atom. The smallest absolute Gasteiger partial charge is 0.224 e. The van der Waals surface area contributed by atoms with Gasteiger partial charge >= 0.3 is 0 Å². The van der Waals surface area contributed by atoms with E-state index in [1.807, 2.05) is 32.0 Å². The first kappa shape index (κ1) is 14.7. The van der Waals surface area contributed by atoms with Gasteiger partial charge in [0, 0.05) is 6.54 Å².